The number of sulfonamides is 1. The van der Waals surface area contributed by atoms with Crippen LogP contribution in [0.1, 0.15) is 38.5 Å². The van der Waals surface area contributed by atoms with E-state index in [1.165, 1.54) is 43.9 Å². The van der Waals surface area contributed by atoms with E-state index in [0.29, 0.717) is 11.0 Å². The highest BCUT2D eigenvalue weighted by Gasteiger charge is 2.21. The van der Waals surface area contributed by atoms with E-state index in [4.69, 9.17) is 0 Å². The number of hydrogen-bond donors (Lipinski definition) is 1. The second kappa shape index (κ2) is 7.63. The Morgan fingerprint density at radius 3 is 2.43 bits per heavy atom. The first kappa shape index (κ1) is 18.9. The highest BCUT2D eigenvalue weighted by atomic mass is 79.9. The van der Waals surface area contributed by atoms with E-state index in [1.807, 2.05) is 0 Å². The van der Waals surface area contributed by atoms with Gasteiger partial charge in [-0.15, -0.1) is 0 Å². The Hall–Kier alpha value is -0.440. The summed E-state index contributed by atoms with van der Waals surface area (Å²) in [5.74, 6) is 0.722. The molecule has 0 radical (unpaired) electrons. The molecule has 1 saturated carbocycles. The first-order valence-corrected chi connectivity index (χ1v) is 11.9. The van der Waals surface area contributed by atoms with Gasteiger partial charge in [0, 0.05) is 17.3 Å². The summed E-state index contributed by atoms with van der Waals surface area (Å²) in [4.78, 5) is -0.0478. The molecule has 1 aliphatic rings. The first-order valence-electron chi connectivity index (χ1n) is 7.69. The van der Waals surface area contributed by atoms with E-state index < -0.39 is 19.9 Å². The highest BCUT2D eigenvalue weighted by molar-refractivity contribution is 9.10. The maximum atomic E-state index is 12.4. The molecule has 0 aliphatic heterocycles. The molecule has 0 heterocycles. The third-order valence-corrected chi connectivity index (χ3v) is 7.74. The molecule has 0 spiro atoms. The molecule has 23 heavy (non-hydrogen) atoms. The van der Waals surface area contributed by atoms with Crippen LogP contribution in [0.4, 0.5) is 0 Å². The Bertz CT molecular complexity index is 754. The highest BCUT2D eigenvalue weighted by Crippen LogP contribution is 2.28. The van der Waals surface area contributed by atoms with Crippen molar-refractivity contribution in [1.82, 2.24) is 4.72 Å². The summed E-state index contributed by atoms with van der Waals surface area (Å²) < 4.78 is 50.9. The Labute approximate surface area is 147 Å². The molecule has 0 atom stereocenters. The van der Waals surface area contributed by atoms with Gasteiger partial charge >= 0.3 is 0 Å². The summed E-state index contributed by atoms with van der Waals surface area (Å²) in [5, 5.41) is 0. The minimum absolute atomic E-state index is 0.00738. The van der Waals surface area contributed by atoms with Crippen LogP contribution in [0.15, 0.2) is 32.5 Å². The molecule has 1 aromatic carbocycles. The lowest BCUT2D eigenvalue weighted by Gasteiger charge is -2.11. The fraction of sp³-hybridized carbons (Fsp3) is 0.600. The van der Waals surface area contributed by atoms with E-state index in [-0.39, 0.29) is 9.79 Å². The summed E-state index contributed by atoms with van der Waals surface area (Å²) in [7, 11) is -7.18. The van der Waals surface area contributed by atoms with Crippen LogP contribution in [0.25, 0.3) is 0 Å². The molecule has 2 rings (SSSR count). The Morgan fingerprint density at radius 1 is 1.17 bits per heavy atom. The van der Waals surface area contributed by atoms with Crippen molar-refractivity contribution in [3.05, 3.63) is 22.7 Å². The number of nitrogens with one attached hydrogen (secondary N) is 1. The zero-order valence-electron chi connectivity index (χ0n) is 13.1. The van der Waals surface area contributed by atoms with Gasteiger partial charge in [0.05, 0.1) is 9.79 Å². The van der Waals surface area contributed by atoms with Crippen molar-refractivity contribution in [2.24, 2.45) is 5.92 Å². The molecule has 8 heteroatoms. The third-order valence-electron chi connectivity index (χ3n) is 4.18. The summed E-state index contributed by atoms with van der Waals surface area (Å²) >= 11 is 3.18. The first-order chi connectivity index (χ1) is 10.7. The summed E-state index contributed by atoms with van der Waals surface area (Å²) in [6, 6.07) is 4.03. The average molecular weight is 424 g/mol. The molecule has 0 saturated heterocycles. The lowest BCUT2D eigenvalue weighted by Crippen LogP contribution is -2.25. The molecular weight excluding hydrogens is 402 g/mol. The van der Waals surface area contributed by atoms with Crippen LogP contribution in [0.2, 0.25) is 0 Å². The predicted molar refractivity (Wildman–Crippen MR) is 93.6 cm³/mol. The van der Waals surface area contributed by atoms with E-state index in [1.54, 1.807) is 0 Å². The Morgan fingerprint density at radius 2 is 1.83 bits per heavy atom. The third kappa shape index (κ3) is 5.27. The van der Waals surface area contributed by atoms with Crippen LogP contribution in [0, 0.1) is 5.92 Å². The van der Waals surface area contributed by atoms with Crippen molar-refractivity contribution in [3.63, 3.8) is 0 Å². The van der Waals surface area contributed by atoms with Crippen LogP contribution in [0.5, 0.6) is 0 Å². The van der Waals surface area contributed by atoms with Gasteiger partial charge in [-0.3, -0.25) is 0 Å². The number of sulfone groups is 1. The monoisotopic (exact) mass is 423 g/mol. The number of halogens is 1. The molecule has 1 fully saturated rings. The lowest BCUT2D eigenvalue weighted by molar-refractivity contribution is 0.480. The molecule has 0 bridgehead atoms. The minimum Gasteiger partial charge on any atom is -0.224 e. The van der Waals surface area contributed by atoms with Crippen molar-refractivity contribution >= 4 is 35.8 Å². The van der Waals surface area contributed by atoms with Gasteiger partial charge in [0.25, 0.3) is 0 Å². The van der Waals surface area contributed by atoms with Gasteiger partial charge in [0.1, 0.15) is 0 Å². The normalized spacial score (nSPS) is 16.8. The molecule has 5 nitrogen and oxygen atoms in total. The molecule has 0 aromatic heterocycles. The van der Waals surface area contributed by atoms with Gasteiger partial charge in [0.15, 0.2) is 9.84 Å². The zero-order chi connectivity index (χ0) is 17.1. The molecule has 1 aromatic rings. The summed E-state index contributed by atoms with van der Waals surface area (Å²) in [6.07, 6.45) is 7.94. The second-order valence-electron chi connectivity index (χ2n) is 6.05. The smallest absolute Gasteiger partial charge is 0.224 e. The van der Waals surface area contributed by atoms with Crippen molar-refractivity contribution in [1.29, 1.82) is 0 Å². The molecule has 0 amide bonds. The maximum Gasteiger partial charge on any atom is 0.241 e. The van der Waals surface area contributed by atoms with Gasteiger partial charge in [-0.25, -0.2) is 21.6 Å². The SMILES string of the molecule is CS(=O)(=O)c1ccc(Br)c(S(=O)(=O)NCCCC2CCCC2)c1. The van der Waals surface area contributed by atoms with E-state index >= 15 is 0 Å². The topological polar surface area (TPSA) is 80.3 Å². The fourth-order valence-corrected chi connectivity index (χ4v) is 5.68. The molecule has 0 unspecified atom stereocenters. The van der Waals surface area contributed by atoms with Crippen molar-refractivity contribution in [2.75, 3.05) is 12.8 Å². The zero-order valence-corrected chi connectivity index (χ0v) is 16.3. The number of hydrogen-bond acceptors (Lipinski definition) is 4. The standard InChI is InChI=1S/C15H22BrNO4S2/c1-22(18,19)13-8-9-14(16)15(11-13)23(20,21)17-10-4-7-12-5-2-3-6-12/h8-9,11-12,17H,2-7,10H2,1H3. The van der Waals surface area contributed by atoms with Crippen LogP contribution in [-0.4, -0.2) is 29.6 Å². The number of rotatable bonds is 7. The van der Waals surface area contributed by atoms with Crippen LogP contribution in [0.3, 0.4) is 0 Å². The second-order valence-corrected chi connectivity index (χ2v) is 10.7. The largest absolute Gasteiger partial charge is 0.241 e. The van der Waals surface area contributed by atoms with Crippen molar-refractivity contribution in [3.8, 4) is 0 Å². The fourth-order valence-electron chi connectivity index (χ4n) is 2.89. The van der Waals surface area contributed by atoms with E-state index in [9.17, 15) is 16.8 Å². The predicted octanol–water partition coefficient (Wildman–Crippen LogP) is 3.10. The number of benzene rings is 1. The van der Waals surface area contributed by atoms with Crippen LogP contribution < -0.4 is 4.72 Å². The van der Waals surface area contributed by atoms with Gasteiger partial charge < -0.3 is 0 Å². The molecule has 1 N–H and O–H groups in total. The Balaban J connectivity index is 2.03. The Kier molecular flexibility index (Phi) is 6.27. The van der Waals surface area contributed by atoms with E-state index in [2.05, 4.69) is 20.7 Å². The van der Waals surface area contributed by atoms with Crippen LogP contribution in [-0.2, 0) is 19.9 Å². The maximum absolute atomic E-state index is 12.4. The van der Waals surface area contributed by atoms with Gasteiger partial charge in [-0.05, 0) is 52.9 Å². The van der Waals surface area contributed by atoms with Crippen LogP contribution >= 0.6 is 15.9 Å². The summed E-state index contributed by atoms with van der Waals surface area (Å²) in [5.41, 5.74) is 0. The average Bonchev–Trinajstić information content (AvgIpc) is 2.96. The van der Waals surface area contributed by atoms with Gasteiger partial charge in [-0.1, -0.05) is 25.7 Å². The van der Waals surface area contributed by atoms with Gasteiger partial charge in [0.2, 0.25) is 10.0 Å². The molecule has 130 valence electrons. The van der Waals surface area contributed by atoms with E-state index in [0.717, 1.165) is 25.0 Å². The molecular formula is C15H22BrNO4S2. The van der Waals surface area contributed by atoms with Gasteiger partial charge in [-0.2, -0.15) is 0 Å². The summed E-state index contributed by atoms with van der Waals surface area (Å²) in [6.45, 7) is 0.369. The minimum atomic E-state index is -3.73. The van der Waals surface area contributed by atoms with Crippen molar-refractivity contribution in [2.45, 2.75) is 48.3 Å². The van der Waals surface area contributed by atoms with Crippen molar-refractivity contribution < 1.29 is 16.8 Å². The lowest BCUT2D eigenvalue weighted by atomic mass is 10.0. The molecule has 1 aliphatic carbocycles. The quantitative estimate of drug-likeness (QED) is 0.683.